The minimum Gasteiger partial charge on any atom is -0.368 e. The maximum absolute atomic E-state index is 14.7. The summed E-state index contributed by atoms with van der Waals surface area (Å²) in [5.74, 6) is -0.444. The number of nitrogens with zero attached hydrogens (tertiary/aromatic N) is 7. The third-order valence-corrected chi connectivity index (χ3v) is 5.40. The van der Waals surface area contributed by atoms with Crippen LogP contribution in [0.2, 0.25) is 0 Å². The first-order valence-corrected chi connectivity index (χ1v) is 9.76. The SMILES string of the molecule is N#Cc1cnc(N)nc1N1C[C@@H](F)C[C@H]1c1nn2ccc(F)c2c(=O)n1-c1ccccc1. The smallest absolute Gasteiger partial charge is 0.285 e. The van der Waals surface area contributed by atoms with Crippen LogP contribution in [0.5, 0.6) is 0 Å². The fourth-order valence-electron chi connectivity index (χ4n) is 4.04. The van der Waals surface area contributed by atoms with Gasteiger partial charge in [0.25, 0.3) is 5.56 Å². The maximum Gasteiger partial charge on any atom is 0.285 e. The number of nitrogens with two attached hydrogens (primary N) is 1. The summed E-state index contributed by atoms with van der Waals surface area (Å²) in [6.07, 6.45) is 1.31. The van der Waals surface area contributed by atoms with Gasteiger partial charge in [0.1, 0.15) is 17.8 Å². The predicted molar refractivity (Wildman–Crippen MR) is 112 cm³/mol. The Morgan fingerprint density at radius 2 is 2.00 bits per heavy atom. The lowest BCUT2D eigenvalue weighted by Gasteiger charge is -2.27. The van der Waals surface area contributed by atoms with Crippen molar-refractivity contribution in [1.29, 1.82) is 5.26 Å². The van der Waals surface area contributed by atoms with E-state index in [4.69, 9.17) is 5.73 Å². The van der Waals surface area contributed by atoms with Crippen molar-refractivity contribution in [3.8, 4) is 11.8 Å². The lowest BCUT2D eigenvalue weighted by atomic mass is 10.1. The molecule has 5 rings (SSSR count). The van der Waals surface area contributed by atoms with Gasteiger partial charge in [0.15, 0.2) is 23.0 Å². The summed E-state index contributed by atoms with van der Waals surface area (Å²) in [7, 11) is 0. The molecule has 0 bridgehead atoms. The van der Waals surface area contributed by atoms with Crippen LogP contribution in [0.25, 0.3) is 11.2 Å². The van der Waals surface area contributed by atoms with E-state index in [-0.39, 0.29) is 41.6 Å². The van der Waals surface area contributed by atoms with Crippen LogP contribution < -0.4 is 16.2 Å². The van der Waals surface area contributed by atoms with Crippen molar-refractivity contribution in [1.82, 2.24) is 24.1 Å². The number of fused-ring (bicyclic) bond motifs is 1. The molecule has 2 atom stereocenters. The molecule has 1 aliphatic rings. The quantitative estimate of drug-likeness (QED) is 0.525. The molecule has 2 N–H and O–H groups in total. The minimum absolute atomic E-state index is 0.0106. The van der Waals surface area contributed by atoms with Gasteiger partial charge in [0, 0.05) is 12.6 Å². The minimum atomic E-state index is -1.28. The molecule has 9 nitrogen and oxygen atoms in total. The Balaban J connectivity index is 1.78. The molecule has 4 heterocycles. The van der Waals surface area contributed by atoms with Gasteiger partial charge in [0.05, 0.1) is 24.5 Å². The summed E-state index contributed by atoms with van der Waals surface area (Å²) < 4.78 is 31.5. The van der Waals surface area contributed by atoms with Gasteiger partial charge >= 0.3 is 0 Å². The van der Waals surface area contributed by atoms with E-state index in [0.717, 1.165) is 10.6 Å². The first-order chi connectivity index (χ1) is 15.5. The Hall–Kier alpha value is -4.33. The van der Waals surface area contributed by atoms with Crippen molar-refractivity contribution in [3.05, 3.63) is 76.4 Å². The fraction of sp³-hybridized carbons (Fsp3) is 0.190. The summed E-state index contributed by atoms with van der Waals surface area (Å²) >= 11 is 0. The number of hydrogen-bond acceptors (Lipinski definition) is 7. The lowest BCUT2D eigenvalue weighted by Crippen LogP contribution is -2.34. The number of hydrogen-bond donors (Lipinski definition) is 1. The molecule has 11 heteroatoms. The topological polar surface area (TPSA) is 118 Å². The number of alkyl halides is 1. The number of anilines is 2. The molecule has 0 unspecified atom stereocenters. The highest BCUT2D eigenvalue weighted by Gasteiger charge is 2.39. The van der Waals surface area contributed by atoms with E-state index in [2.05, 4.69) is 15.1 Å². The Labute approximate surface area is 180 Å². The summed E-state index contributed by atoms with van der Waals surface area (Å²) in [5.41, 5.74) is 5.43. The fourth-order valence-corrected chi connectivity index (χ4v) is 4.04. The summed E-state index contributed by atoms with van der Waals surface area (Å²) in [6.45, 7) is -0.0848. The molecule has 0 radical (unpaired) electrons. The second kappa shape index (κ2) is 7.42. The molecule has 0 amide bonds. The molecule has 3 aromatic heterocycles. The second-order valence-corrected chi connectivity index (χ2v) is 7.37. The predicted octanol–water partition coefficient (Wildman–Crippen LogP) is 2.16. The average Bonchev–Trinajstić information content (AvgIpc) is 3.36. The van der Waals surface area contributed by atoms with Crippen molar-refractivity contribution in [2.24, 2.45) is 0 Å². The lowest BCUT2D eigenvalue weighted by molar-refractivity contribution is 0.354. The first kappa shape index (κ1) is 19.6. The highest BCUT2D eigenvalue weighted by molar-refractivity contribution is 5.57. The van der Waals surface area contributed by atoms with Crippen LogP contribution in [0, 0.1) is 17.1 Å². The van der Waals surface area contributed by atoms with E-state index < -0.39 is 23.6 Å². The molecule has 32 heavy (non-hydrogen) atoms. The van der Waals surface area contributed by atoms with Crippen molar-refractivity contribution in [2.45, 2.75) is 18.6 Å². The summed E-state index contributed by atoms with van der Waals surface area (Å²) in [6, 6.07) is 11.0. The number of aromatic nitrogens is 5. The van der Waals surface area contributed by atoms with Crippen LogP contribution in [0.1, 0.15) is 23.9 Å². The van der Waals surface area contributed by atoms with Gasteiger partial charge in [-0.1, -0.05) is 18.2 Å². The Kier molecular flexibility index (Phi) is 4.55. The number of halogens is 2. The highest BCUT2D eigenvalue weighted by Crippen LogP contribution is 2.37. The van der Waals surface area contributed by atoms with Crippen molar-refractivity contribution < 1.29 is 8.78 Å². The zero-order valence-electron chi connectivity index (χ0n) is 16.6. The third kappa shape index (κ3) is 3.04. The molecule has 4 aromatic rings. The Morgan fingerprint density at radius 1 is 1.22 bits per heavy atom. The monoisotopic (exact) mass is 434 g/mol. The number of para-hydroxylation sites is 1. The van der Waals surface area contributed by atoms with Gasteiger partial charge in [-0.25, -0.2) is 18.3 Å². The van der Waals surface area contributed by atoms with Crippen molar-refractivity contribution in [3.63, 3.8) is 0 Å². The molecule has 1 saturated heterocycles. The molecule has 1 aromatic carbocycles. The Bertz CT molecular complexity index is 1430. The van der Waals surface area contributed by atoms with E-state index in [0.29, 0.717) is 5.69 Å². The van der Waals surface area contributed by atoms with Gasteiger partial charge in [-0.3, -0.25) is 9.36 Å². The van der Waals surface area contributed by atoms with Crippen LogP contribution in [-0.2, 0) is 0 Å². The summed E-state index contributed by atoms with van der Waals surface area (Å²) in [5, 5.41) is 14.0. The van der Waals surface area contributed by atoms with Gasteiger partial charge in [0.2, 0.25) is 5.95 Å². The number of benzene rings is 1. The Morgan fingerprint density at radius 3 is 2.75 bits per heavy atom. The average molecular weight is 434 g/mol. The normalized spacial score (nSPS) is 18.2. The highest BCUT2D eigenvalue weighted by atomic mass is 19.1. The van der Waals surface area contributed by atoms with E-state index in [1.165, 1.54) is 17.0 Å². The largest absolute Gasteiger partial charge is 0.368 e. The zero-order chi connectivity index (χ0) is 22.4. The zero-order valence-corrected chi connectivity index (χ0v) is 16.6. The standard InChI is InChI=1S/C21H16F2N8O/c22-13-8-16(29(11-13)18-12(9-24)10-26-21(25)27-18)19-28-30-7-6-15(23)17(30)20(32)31(19)14-4-2-1-3-5-14/h1-7,10,13,16H,8,11H2,(H2,25,26,27)/t13-,16-/m0/s1. The van der Waals surface area contributed by atoms with Gasteiger partial charge < -0.3 is 10.6 Å². The van der Waals surface area contributed by atoms with Crippen LogP contribution in [0.15, 0.2) is 53.6 Å². The summed E-state index contributed by atoms with van der Waals surface area (Å²) in [4.78, 5) is 22.9. The van der Waals surface area contributed by atoms with Crippen LogP contribution in [-0.4, -0.2) is 36.9 Å². The second-order valence-electron chi connectivity index (χ2n) is 7.37. The van der Waals surface area contributed by atoms with Crippen LogP contribution >= 0.6 is 0 Å². The van der Waals surface area contributed by atoms with E-state index in [1.807, 2.05) is 6.07 Å². The van der Waals surface area contributed by atoms with Crippen LogP contribution in [0.4, 0.5) is 20.5 Å². The van der Waals surface area contributed by atoms with Crippen LogP contribution in [0.3, 0.4) is 0 Å². The molecule has 1 fully saturated rings. The van der Waals surface area contributed by atoms with E-state index in [1.54, 1.807) is 35.2 Å². The van der Waals surface area contributed by atoms with E-state index >= 15 is 0 Å². The van der Waals surface area contributed by atoms with E-state index in [9.17, 15) is 18.8 Å². The number of rotatable bonds is 3. The third-order valence-electron chi connectivity index (χ3n) is 5.40. The molecular weight excluding hydrogens is 418 g/mol. The van der Waals surface area contributed by atoms with Gasteiger partial charge in [-0.2, -0.15) is 15.3 Å². The van der Waals surface area contributed by atoms with Crippen molar-refractivity contribution >= 4 is 17.3 Å². The molecule has 0 aliphatic carbocycles. The molecule has 160 valence electrons. The first-order valence-electron chi connectivity index (χ1n) is 9.76. The van der Waals surface area contributed by atoms with Crippen molar-refractivity contribution in [2.75, 3.05) is 17.2 Å². The number of nitriles is 1. The maximum atomic E-state index is 14.7. The van der Waals surface area contributed by atoms with Gasteiger partial charge in [-0.15, -0.1) is 0 Å². The van der Waals surface area contributed by atoms with Gasteiger partial charge in [-0.05, 0) is 18.2 Å². The molecule has 0 spiro atoms. The number of nitrogen functional groups attached to an aromatic ring is 1. The molecule has 1 aliphatic heterocycles. The molecule has 0 saturated carbocycles. The molecular formula is C21H16F2N8O.